The number of hydrogen-bond acceptors (Lipinski definition) is 6. The molecule has 0 aromatic carbocycles. The predicted molar refractivity (Wildman–Crippen MR) is 119 cm³/mol. The summed E-state index contributed by atoms with van der Waals surface area (Å²) in [5.74, 6) is 0.406. The minimum absolute atomic E-state index is 0. The van der Waals surface area contributed by atoms with Crippen molar-refractivity contribution >= 4 is 58.6 Å². The number of carbonyl (C=O) groups excluding carboxylic acids is 1. The average molecular weight is 508 g/mol. The Labute approximate surface area is 179 Å². The Morgan fingerprint density at radius 2 is 2.23 bits per heavy atom. The molecule has 144 valence electrons. The molecule has 0 aliphatic heterocycles. The molecule has 0 spiro atoms. The van der Waals surface area contributed by atoms with Gasteiger partial charge in [-0.25, -0.2) is 9.78 Å². The molecule has 2 heterocycles. The molecule has 6 nitrogen and oxygen atoms in total. The topological polar surface area (TPSA) is 75.6 Å². The summed E-state index contributed by atoms with van der Waals surface area (Å²) in [4.78, 5) is 22.6. The van der Waals surface area contributed by atoms with Crippen LogP contribution in [-0.4, -0.2) is 37.1 Å². The lowest BCUT2D eigenvalue weighted by molar-refractivity contribution is 0.0531. The molecule has 0 radical (unpaired) electrons. The molecule has 2 aromatic heterocycles. The Kier molecular flexibility index (Phi) is 10.1. The summed E-state index contributed by atoms with van der Waals surface area (Å²) in [6.45, 7) is 6.79. The molecule has 0 fully saturated rings. The molecule has 0 aliphatic carbocycles. The van der Waals surface area contributed by atoms with Crippen molar-refractivity contribution in [3.05, 3.63) is 38.0 Å². The van der Waals surface area contributed by atoms with E-state index in [1.54, 1.807) is 25.3 Å². The third-order valence-electron chi connectivity index (χ3n) is 3.47. The maximum absolute atomic E-state index is 11.9. The van der Waals surface area contributed by atoms with Gasteiger partial charge in [-0.05, 0) is 38.6 Å². The van der Waals surface area contributed by atoms with Gasteiger partial charge in [0.2, 0.25) is 0 Å². The Morgan fingerprint density at radius 3 is 2.85 bits per heavy atom. The molecule has 1 atom stereocenters. The SMILES string of the molecule is CCOC(=O)c1sc(C(C)NC(=NC)NCCc2cccs2)nc1C.I. The number of guanidine groups is 1. The van der Waals surface area contributed by atoms with Crippen LogP contribution in [0.2, 0.25) is 0 Å². The van der Waals surface area contributed by atoms with E-state index in [1.807, 2.05) is 13.8 Å². The molecular weight excluding hydrogens is 483 g/mol. The van der Waals surface area contributed by atoms with Crippen LogP contribution in [0, 0.1) is 6.92 Å². The summed E-state index contributed by atoms with van der Waals surface area (Å²) in [6.07, 6.45) is 0.954. The number of esters is 1. The summed E-state index contributed by atoms with van der Waals surface area (Å²) in [7, 11) is 1.74. The van der Waals surface area contributed by atoms with Crippen LogP contribution in [-0.2, 0) is 11.2 Å². The van der Waals surface area contributed by atoms with Gasteiger partial charge in [-0.1, -0.05) is 6.07 Å². The van der Waals surface area contributed by atoms with Gasteiger partial charge in [0.05, 0.1) is 18.3 Å². The van der Waals surface area contributed by atoms with Gasteiger partial charge in [0.15, 0.2) is 5.96 Å². The van der Waals surface area contributed by atoms with Crippen LogP contribution in [0.15, 0.2) is 22.5 Å². The van der Waals surface area contributed by atoms with Gasteiger partial charge in [-0.15, -0.1) is 46.7 Å². The normalized spacial score (nSPS) is 12.2. The van der Waals surface area contributed by atoms with Crippen LogP contribution >= 0.6 is 46.7 Å². The van der Waals surface area contributed by atoms with Crippen molar-refractivity contribution in [2.24, 2.45) is 4.99 Å². The van der Waals surface area contributed by atoms with Crippen molar-refractivity contribution in [2.75, 3.05) is 20.2 Å². The van der Waals surface area contributed by atoms with E-state index in [2.05, 4.69) is 38.1 Å². The molecule has 9 heteroatoms. The number of thiophene rings is 1. The van der Waals surface area contributed by atoms with Crippen molar-refractivity contribution in [1.82, 2.24) is 15.6 Å². The monoisotopic (exact) mass is 508 g/mol. The molecule has 0 amide bonds. The van der Waals surface area contributed by atoms with Crippen LogP contribution in [0.1, 0.15) is 45.1 Å². The van der Waals surface area contributed by atoms with Crippen LogP contribution in [0.25, 0.3) is 0 Å². The molecule has 0 saturated heterocycles. The van der Waals surface area contributed by atoms with Crippen molar-refractivity contribution in [3.63, 3.8) is 0 Å². The number of ether oxygens (including phenoxy) is 1. The maximum atomic E-state index is 11.9. The van der Waals surface area contributed by atoms with E-state index < -0.39 is 0 Å². The molecule has 2 aromatic rings. The smallest absolute Gasteiger partial charge is 0.350 e. The lowest BCUT2D eigenvalue weighted by Gasteiger charge is -2.16. The zero-order valence-corrected chi connectivity index (χ0v) is 19.3. The van der Waals surface area contributed by atoms with Crippen LogP contribution in [0.3, 0.4) is 0 Å². The highest BCUT2D eigenvalue weighted by atomic mass is 127. The third kappa shape index (κ3) is 6.51. The van der Waals surface area contributed by atoms with Gasteiger partial charge in [0.25, 0.3) is 0 Å². The van der Waals surface area contributed by atoms with Gasteiger partial charge in [0.1, 0.15) is 9.88 Å². The summed E-state index contributed by atoms with van der Waals surface area (Å²) in [6, 6.07) is 4.13. The predicted octanol–water partition coefficient (Wildman–Crippen LogP) is 3.78. The molecular formula is C17H25IN4O2S2. The number of aromatic nitrogens is 1. The third-order valence-corrected chi connectivity index (χ3v) is 5.72. The average Bonchev–Trinajstić information content (AvgIpc) is 3.23. The first-order valence-corrected chi connectivity index (χ1v) is 9.88. The van der Waals surface area contributed by atoms with Crippen molar-refractivity contribution in [1.29, 1.82) is 0 Å². The number of halogens is 1. The van der Waals surface area contributed by atoms with E-state index >= 15 is 0 Å². The number of thiazole rings is 1. The van der Waals surface area contributed by atoms with Crippen LogP contribution < -0.4 is 10.6 Å². The number of rotatable bonds is 7. The fourth-order valence-corrected chi connectivity index (χ4v) is 3.88. The minimum atomic E-state index is -0.311. The largest absolute Gasteiger partial charge is 0.462 e. The molecule has 26 heavy (non-hydrogen) atoms. The van der Waals surface area contributed by atoms with Gasteiger partial charge < -0.3 is 15.4 Å². The second-order valence-electron chi connectivity index (χ2n) is 5.38. The lowest BCUT2D eigenvalue weighted by Crippen LogP contribution is -2.39. The minimum Gasteiger partial charge on any atom is -0.462 e. The molecule has 0 bridgehead atoms. The zero-order valence-electron chi connectivity index (χ0n) is 15.4. The quantitative estimate of drug-likeness (QED) is 0.258. The number of nitrogens with zero attached hydrogens (tertiary/aromatic N) is 2. The number of aryl methyl sites for hydroxylation is 1. The van der Waals surface area contributed by atoms with Crippen molar-refractivity contribution < 1.29 is 9.53 Å². The second kappa shape index (κ2) is 11.5. The van der Waals surface area contributed by atoms with E-state index in [0.717, 1.165) is 23.9 Å². The Bertz CT molecular complexity index is 716. The maximum Gasteiger partial charge on any atom is 0.350 e. The summed E-state index contributed by atoms with van der Waals surface area (Å²) in [5.41, 5.74) is 0.702. The van der Waals surface area contributed by atoms with Crippen LogP contribution in [0.4, 0.5) is 0 Å². The molecule has 2 N–H and O–H groups in total. The van der Waals surface area contributed by atoms with E-state index in [4.69, 9.17) is 4.74 Å². The fraction of sp³-hybridized carbons (Fsp3) is 0.471. The van der Waals surface area contributed by atoms with E-state index in [9.17, 15) is 4.79 Å². The summed E-state index contributed by atoms with van der Waals surface area (Å²) < 4.78 is 5.07. The highest BCUT2D eigenvalue weighted by Gasteiger charge is 2.20. The molecule has 2 rings (SSSR count). The van der Waals surface area contributed by atoms with Gasteiger partial charge in [0, 0.05) is 18.5 Å². The Balaban J connectivity index is 0.00000338. The second-order valence-corrected chi connectivity index (χ2v) is 7.44. The first-order chi connectivity index (χ1) is 12.0. The molecule has 1 unspecified atom stereocenters. The number of aliphatic imine (C=N–C) groups is 1. The standard InChI is InChI=1S/C17H24N4O2S2.HI/c1-5-23-16(22)14-11(2)20-15(25-14)12(3)21-17(18-4)19-9-8-13-7-6-10-24-13;/h6-7,10,12H,5,8-9H2,1-4H3,(H2,18,19,21);1H. The van der Waals surface area contributed by atoms with Gasteiger partial charge in [-0.2, -0.15) is 0 Å². The molecule has 0 aliphatic rings. The van der Waals surface area contributed by atoms with Crippen molar-refractivity contribution in [3.8, 4) is 0 Å². The first kappa shape index (κ1) is 22.8. The number of nitrogens with one attached hydrogen (secondary N) is 2. The first-order valence-electron chi connectivity index (χ1n) is 8.19. The highest BCUT2D eigenvalue weighted by Crippen LogP contribution is 2.24. The van der Waals surface area contributed by atoms with Gasteiger partial charge in [-0.3, -0.25) is 4.99 Å². The van der Waals surface area contributed by atoms with E-state index in [1.165, 1.54) is 16.2 Å². The molecule has 0 saturated carbocycles. The Morgan fingerprint density at radius 1 is 1.46 bits per heavy atom. The lowest BCUT2D eigenvalue weighted by atomic mass is 10.3. The van der Waals surface area contributed by atoms with E-state index in [0.29, 0.717) is 17.2 Å². The Hall–Kier alpha value is -1.20. The highest BCUT2D eigenvalue weighted by molar-refractivity contribution is 14.0. The summed E-state index contributed by atoms with van der Waals surface area (Å²) in [5, 5.41) is 9.53. The summed E-state index contributed by atoms with van der Waals surface area (Å²) >= 11 is 3.11. The fourth-order valence-electron chi connectivity index (χ4n) is 2.21. The zero-order chi connectivity index (χ0) is 18.2. The number of hydrogen-bond donors (Lipinski definition) is 2. The van der Waals surface area contributed by atoms with Crippen molar-refractivity contribution in [2.45, 2.75) is 33.2 Å². The van der Waals surface area contributed by atoms with E-state index in [-0.39, 0.29) is 36.0 Å². The van der Waals surface area contributed by atoms with Gasteiger partial charge >= 0.3 is 5.97 Å². The van der Waals surface area contributed by atoms with Crippen LogP contribution in [0.5, 0.6) is 0 Å². The number of carbonyl (C=O) groups is 1.